The van der Waals surface area contributed by atoms with Gasteiger partial charge in [0.05, 0.1) is 16.6 Å². The lowest BCUT2D eigenvalue weighted by atomic mass is 9.96. The van der Waals surface area contributed by atoms with Gasteiger partial charge in [0.15, 0.2) is 0 Å². The number of rotatable bonds is 4. The van der Waals surface area contributed by atoms with Crippen LogP contribution in [0.3, 0.4) is 0 Å². The number of halogens is 1. The smallest absolute Gasteiger partial charge is 0.264 e. The van der Waals surface area contributed by atoms with Gasteiger partial charge in [0.2, 0.25) is 0 Å². The van der Waals surface area contributed by atoms with Crippen LogP contribution in [0.25, 0.3) is 0 Å². The van der Waals surface area contributed by atoms with Crippen LogP contribution in [0, 0.1) is 5.82 Å². The molecule has 3 rings (SSSR count). The highest BCUT2D eigenvalue weighted by molar-refractivity contribution is 7.92. The van der Waals surface area contributed by atoms with Crippen molar-refractivity contribution in [3.63, 3.8) is 0 Å². The summed E-state index contributed by atoms with van der Waals surface area (Å²) in [6.07, 6.45) is 0.439. The second-order valence-corrected chi connectivity index (χ2v) is 7.87. The molecule has 0 fully saturated rings. The molecule has 0 aliphatic carbocycles. The molecule has 3 N–H and O–H groups in total. The predicted molar refractivity (Wildman–Crippen MR) is 92.9 cm³/mol. The van der Waals surface area contributed by atoms with E-state index < -0.39 is 21.9 Å². The number of nitrogens with zero attached hydrogens (tertiary/aromatic N) is 2. The third-order valence-electron chi connectivity index (χ3n) is 4.39. The number of anilines is 1. The summed E-state index contributed by atoms with van der Waals surface area (Å²) in [6, 6.07) is 10.2. The van der Waals surface area contributed by atoms with Crippen LogP contribution in [0.4, 0.5) is 10.1 Å². The van der Waals surface area contributed by atoms with Crippen molar-refractivity contribution in [2.24, 2.45) is 5.84 Å². The first-order valence-corrected chi connectivity index (χ1v) is 9.31. The fourth-order valence-electron chi connectivity index (χ4n) is 3.15. The van der Waals surface area contributed by atoms with Gasteiger partial charge in [-0.2, -0.15) is 0 Å². The van der Waals surface area contributed by atoms with Gasteiger partial charge in [0.1, 0.15) is 5.82 Å². The zero-order valence-corrected chi connectivity index (χ0v) is 14.6. The number of aliphatic hydroxyl groups is 1. The zero-order valence-electron chi connectivity index (χ0n) is 13.8. The summed E-state index contributed by atoms with van der Waals surface area (Å²) in [5.41, 5.74) is 1.61. The van der Waals surface area contributed by atoms with Crippen LogP contribution in [0.2, 0.25) is 0 Å². The SMILES string of the molecule is CN1c2ccccc2C(N(N)CCCO)c2ccc(F)cc2S1(=O)=O. The zero-order chi connectivity index (χ0) is 18.2. The van der Waals surface area contributed by atoms with E-state index in [0.29, 0.717) is 29.8 Å². The molecular weight excluding hydrogens is 345 g/mol. The van der Waals surface area contributed by atoms with E-state index >= 15 is 0 Å². The van der Waals surface area contributed by atoms with E-state index in [-0.39, 0.29) is 11.5 Å². The minimum absolute atomic E-state index is 0.0312. The number of fused-ring (bicyclic) bond motifs is 2. The van der Waals surface area contributed by atoms with Crippen molar-refractivity contribution in [1.82, 2.24) is 5.01 Å². The molecule has 1 aliphatic heterocycles. The highest BCUT2D eigenvalue weighted by atomic mass is 32.2. The first-order chi connectivity index (χ1) is 11.9. The first-order valence-electron chi connectivity index (χ1n) is 7.87. The summed E-state index contributed by atoms with van der Waals surface area (Å²) in [5, 5.41) is 10.6. The van der Waals surface area contributed by atoms with Gasteiger partial charge >= 0.3 is 0 Å². The lowest BCUT2D eigenvalue weighted by Gasteiger charge is -2.29. The van der Waals surface area contributed by atoms with Gasteiger partial charge in [0.25, 0.3) is 10.0 Å². The molecule has 0 saturated heterocycles. The monoisotopic (exact) mass is 365 g/mol. The predicted octanol–water partition coefficient (Wildman–Crippen LogP) is 1.61. The summed E-state index contributed by atoms with van der Waals surface area (Å²) < 4.78 is 40.9. The maximum absolute atomic E-state index is 13.8. The quantitative estimate of drug-likeness (QED) is 0.635. The molecule has 6 nitrogen and oxygen atoms in total. The molecule has 0 bridgehead atoms. The highest BCUT2D eigenvalue weighted by Gasteiger charge is 2.36. The third kappa shape index (κ3) is 3.02. The van der Waals surface area contributed by atoms with Crippen LogP contribution >= 0.6 is 0 Å². The number of para-hydroxylation sites is 1. The molecule has 0 aromatic heterocycles. The molecule has 2 aromatic carbocycles. The van der Waals surface area contributed by atoms with Gasteiger partial charge in [0, 0.05) is 20.2 Å². The van der Waals surface area contributed by atoms with Gasteiger partial charge in [-0.25, -0.2) is 17.8 Å². The molecule has 1 atom stereocenters. The Balaban J connectivity index is 2.29. The Kier molecular flexibility index (Phi) is 4.79. The largest absolute Gasteiger partial charge is 0.396 e. The van der Waals surface area contributed by atoms with Crippen LogP contribution in [0.5, 0.6) is 0 Å². The normalized spacial score (nSPS) is 18.6. The minimum Gasteiger partial charge on any atom is -0.396 e. The second kappa shape index (κ2) is 6.72. The molecule has 1 heterocycles. The summed E-state index contributed by atoms with van der Waals surface area (Å²) in [7, 11) is -2.47. The summed E-state index contributed by atoms with van der Waals surface area (Å²) in [5.74, 6) is 5.60. The third-order valence-corrected chi connectivity index (χ3v) is 6.21. The molecule has 0 saturated carbocycles. The maximum Gasteiger partial charge on any atom is 0.264 e. The number of benzene rings is 2. The van der Waals surface area contributed by atoms with E-state index in [0.717, 1.165) is 10.4 Å². The van der Waals surface area contributed by atoms with E-state index in [1.807, 2.05) is 6.07 Å². The molecule has 1 unspecified atom stereocenters. The van der Waals surface area contributed by atoms with Crippen LogP contribution in [-0.2, 0) is 10.0 Å². The van der Waals surface area contributed by atoms with E-state index in [1.54, 1.807) is 18.2 Å². The van der Waals surface area contributed by atoms with Crippen molar-refractivity contribution in [3.8, 4) is 0 Å². The van der Waals surface area contributed by atoms with E-state index in [1.165, 1.54) is 24.2 Å². The Hall–Kier alpha value is -2.00. The van der Waals surface area contributed by atoms with Crippen LogP contribution in [-0.4, -0.2) is 38.7 Å². The molecule has 2 aromatic rings. The average molecular weight is 365 g/mol. The van der Waals surface area contributed by atoms with Crippen molar-refractivity contribution < 1.29 is 17.9 Å². The van der Waals surface area contributed by atoms with Crippen LogP contribution < -0.4 is 10.1 Å². The van der Waals surface area contributed by atoms with Crippen molar-refractivity contribution in [3.05, 3.63) is 59.4 Å². The van der Waals surface area contributed by atoms with Crippen LogP contribution in [0.15, 0.2) is 47.4 Å². The average Bonchev–Trinajstić information content (AvgIpc) is 2.67. The lowest BCUT2D eigenvalue weighted by Crippen LogP contribution is -2.37. The minimum atomic E-state index is -3.92. The van der Waals surface area contributed by atoms with Gasteiger partial charge in [-0.3, -0.25) is 10.1 Å². The van der Waals surface area contributed by atoms with Crippen molar-refractivity contribution in [1.29, 1.82) is 0 Å². The maximum atomic E-state index is 13.8. The lowest BCUT2D eigenvalue weighted by molar-refractivity contribution is 0.196. The Morgan fingerprint density at radius 3 is 2.68 bits per heavy atom. The van der Waals surface area contributed by atoms with Gasteiger partial charge in [-0.15, -0.1) is 0 Å². The Bertz CT molecular complexity index is 888. The summed E-state index contributed by atoms with van der Waals surface area (Å²) in [6.45, 7) is 0.326. The summed E-state index contributed by atoms with van der Waals surface area (Å²) in [4.78, 5) is -0.101. The number of nitrogens with two attached hydrogens (primary N) is 1. The molecule has 1 aliphatic rings. The van der Waals surface area contributed by atoms with Gasteiger partial charge in [-0.1, -0.05) is 24.3 Å². The molecule has 25 heavy (non-hydrogen) atoms. The molecule has 0 spiro atoms. The van der Waals surface area contributed by atoms with E-state index in [2.05, 4.69) is 0 Å². The van der Waals surface area contributed by atoms with Crippen LogP contribution in [0.1, 0.15) is 23.6 Å². The van der Waals surface area contributed by atoms with Crippen molar-refractivity contribution >= 4 is 15.7 Å². The topological polar surface area (TPSA) is 86.9 Å². The number of hydrogen-bond acceptors (Lipinski definition) is 5. The standard InChI is InChI=1S/C17H20FN3O3S/c1-20-15-6-3-2-5-13(15)17(21(19)9-4-10-22)14-8-7-12(18)11-16(14)25(20,23)24/h2-3,5-8,11,17,22H,4,9-10,19H2,1H3. The molecule has 0 amide bonds. The first kappa shape index (κ1) is 17.8. The Morgan fingerprint density at radius 2 is 1.96 bits per heavy atom. The van der Waals surface area contributed by atoms with Gasteiger partial charge < -0.3 is 5.11 Å². The highest BCUT2D eigenvalue weighted by Crippen LogP contribution is 2.42. The van der Waals surface area contributed by atoms with Crippen molar-refractivity contribution in [2.45, 2.75) is 17.4 Å². The number of sulfonamides is 1. The second-order valence-electron chi connectivity index (χ2n) is 5.93. The van der Waals surface area contributed by atoms with E-state index in [4.69, 9.17) is 10.9 Å². The molecule has 0 radical (unpaired) electrons. The molecular formula is C17H20FN3O3S. The number of aliphatic hydroxyl groups excluding tert-OH is 1. The molecule has 8 heteroatoms. The number of hydrazine groups is 1. The Labute approximate surface area is 146 Å². The molecule has 134 valence electrons. The number of hydrogen-bond donors (Lipinski definition) is 2. The van der Waals surface area contributed by atoms with E-state index in [9.17, 15) is 12.8 Å². The summed E-state index contributed by atoms with van der Waals surface area (Å²) >= 11 is 0. The fourth-order valence-corrected chi connectivity index (χ4v) is 4.61. The Morgan fingerprint density at radius 1 is 1.24 bits per heavy atom. The fraction of sp³-hybridized carbons (Fsp3) is 0.294. The van der Waals surface area contributed by atoms with Crippen molar-refractivity contribution in [2.75, 3.05) is 24.5 Å². The van der Waals surface area contributed by atoms with Gasteiger partial charge in [-0.05, 0) is 35.7 Å².